The first-order chi connectivity index (χ1) is 7.20. The van der Waals surface area contributed by atoms with Crippen LogP contribution in [-0.4, -0.2) is 5.71 Å². The summed E-state index contributed by atoms with van der Waals surface area (Å²) in [7, 11) is 0. The summed E-state index contributed by atoms with van der Waals surface area (Å²) in [5.74, 6) is 0.444. The van der Waals surface area contributed by atoms with Crippen LogP contribution >= 0.6 is 0 Å². The molecule has 1 aliphatic rings. The summed E-state index contributed by atoms with van der Waals surface area (Å²) >= 11 is 0. The van der Waals surface area contributed by atoms with E-state index in [0.717, 1.165) is 6.42 Å². The molecule has 0 saturated carbocycles. The standard InChI is InChI=1S/C14H17N/c1-10-6-4-7-13(11(10)2)12(3)14-8-5-9-15-14/h4-7,9,12H,8H2,1-3H3/t12-/m0/s1. The van der Waals surface area contributed by atoms with E-state index in [9.17, 15) is 0 Å². The van der Waals surface area contributed by atoms with Crippen LogP contribution in [0.3, 0.4) is 0 Å². The number of hydrogen-bond acceptors (Lipinski definition) is 1. The molecule has 1 aromatic carbocycles. The summed E-state index contributed by atoms with van der Waals surface area (Å²) in [5, 5.41) is 0. The van der Waals surface area contributed by atoms with E-state index in [1.807, 2.05) is 6.20 Å². The molecule has 0 N–H and O–H groups in total. The highest BCUT2D eigenvalue weighted by Crippen LogP contribution is 2.25. The fraction of sp³-hybridized carbons (Fsp3) is 0.357. The molecule has 0 unspecified atom stereocenters. The Morgan fingerprint density at radius 2 is 2.07 bits per heavy atom. The summed E-state index contributed by atoms with van der Waals surface area (Å²) in [6.07, 6.45) is 5.04. The Balaban J connectivity index is 2.33. The van der Waals surface area contributed by atoms with Crippen molar-refractivity contribution >= 4 is 5.71 Å². The predicted octanol–water partition coefficient (Wildman–Crippen LogP) is 3.77. The molecule has 0 bridgehead atoms. The Hall–Kier alpha value is -1.37. The zero-order chi connectivity index (χ0) is 10.8. The monoisotopic (exact) mass is 199 g/mol. The molecule has 0 saturated heterocycles. The van der Waals surface area contributed by atoms with Crippen molar-refractivity contribution < 1.29 is 0 Å². The summed E-state index contributed by atoms with van der Waals surface area (Å²) in [6, 6.07) is 6.52. The van der Waals surface area contributed by atoms with Gasteiger partial charge in [-0.1, -0.05) is 31.2 Å². The fourth-order valence-electron chi connectivity index (χ4n) is 2.09. The second-order valence-corrected chi connectivity index (χ2v) is 4.22. The van der Waals surface area contributed by atoms with Crippen LogP contribution in [0.5, 0.6) is 0 Å². The van der Waals surface area contributed by atoms with Crippen molar-refractivity contribution in [2.45, 2.75) is 33.1 Å². The smallest absolute Gasteiger partial charge is 0.0289 e. The van der Waals surface area contributed by atoms with Crippen molar-refractivity contribution in [3.8, 4) is 0 Å². The summed E-state index contributed by atoms with van der Waals surface area (Å²) < 4.78 is 0. The largest absolute Gasteiger partial charge is 0.265 e. The molecule has 1 nitrogen and oxygen atoms in total. The van der Waals surface area contributed by atoms with Crippen LogP contribution in [0.2, 0.25) is 0 Å². The molecule has 0 fully saturated rings. The van der Waals surface area contributed by atoms with Crippen LogP contribution in [0.4, 0.5) is 0 Å². The second kappa shape index (κ2) is 4.01. The number of benzene rings is 1. The summed E-state index contributed by atoms with van der Waals surface area (Å²) in [5.41, 5.74) is 5.46. The number of allylic oxidation sites excluding steroid dienone is 1. The second-order valence-electron chi connectivity index (χ2n) is 4.22. The van der Waals surface area contributed by atoms with E-state index in [-0.39, 0.29) is 0 Å². The maximum atomic E-state index is 4.42. The molecule has 1 atom stereocenters. The van der Waals surface area contributed by atoms with E-state index < -0.39 is 0 Å². The van der Waals surface area contributed by atoms with Gasteiger partial charge in [-0.05, 0) is 30.5 Å². The highest BCUT2D eigenvalue weighted by molar-refractivity contribution is 5.93. The molecule has 0 amide bonds. The van der Waals surface area contributed by atoms with Gasteiger partial charge in [0, 0.05) is 24.3 Å². The maximum absolute atomic E-state index is 4.42. The zero-order valence-electron chi connectivity index (χ0n) is 9.62. The molecule has 1 heteroatoms. The number of aliphatic imine (C=N–C) groups is 1. The van der Waals surface area contributed by atoms with Crippen molar-refractivity contribution in [1.29, 1.82) is 0 Å². The molecule has 0 aromatic heterocycles. The molecule has 0 radical (unpaired) electrons. The van der Waals surface area contributed by atoms with E-state index in [2.05, 4.69) is 50.0 Å². The van der Waals surface area contributed by atoms with E-state index in [4.69, 9.17) is 0 Å². The first-order valence-electron chi connectivity index (χ1n) is 5.48. The molecule has 2 rings (SSSR count). The van der Waals surface area contributed by atoms with Crippen molar-refractivity contribution in [3.05, 3.63) is 47.2 Å². The van der Waals surface area contributed by atoms with Gasteiger partial charge in [-0.3, -0.25) is 4.99 Å². The minimum atomic E-state index is 0.444. The first-order valence-corrected chi connectivity index (χ1v) is 5.48. The summed E-state index contributed by atoms with van der Waals surface area (Å²) in [6.45, 7) is 6.61. The van der Waals surface area contributed by atoms with Gasteiger partial charge in [-0.15, -0.1) is 0 Å². The van der Waals surface area contributed by atoms with Gasteiger partial charge in [-0.2, -0.15) is 0 Å². The lowest BCUT2D eigenvalue weighted by Crippen LogP contribution is -2.08. The van der Waals surface area contributed by atoms with Crippen LogP contribution in [0.1, 0.15) is 36.0 Å². The van der Waals surface area contributed by atoms with Gasteiger partial charge in [0.2, 0.25) is 0 Å². The van der Waals surface area contributed by atoms with Crippen LogP contribution in [-0.2, 0) is 0 Å². The van der Waals surface area contributed by atoms with Crippen LogP contribution in [0, 0.1) is 13.8 Å². The van der Waals surface area contributed by atoms with Gasteiger partial charge < -0.3 is 0 Å². The number of rotatable bonds is 2. The topological polar surface area (TPSA) is 12.4 Å². The molecular formula is C14H17N. The van der Waals surface area contributed by atoms with E-state index in [0.29, 0.717) is 5.92 Å². The molecule has 0 spiro atoms. The third kappa shape index (κ3) is 1.87. The number of nitrogens with zero attached hydrogens (tertiary/aromatic N) is 1. The Kier molecular flexibility index (Phi) is 2.72. The van der Waals surface area contributed by atoms with Crippen molar-refractivity contribution in [2.24, 2.45) is 4.99 Å². The van der Waals surface area contributed by atoms with Gasteiger partial charge in [-0.25, -0.2) is 0 Å². The molecule has 1 heterocycles. The van der Waals surface area contributed by atoms with Crippen LogP contribution in [0.25, 0.3) is 0 Å². The minimum absolute atomic E-state index is 0.444. The van der Waals surface area contributed by atoms with E-state index >= 15 is 0 Å². The fourth-order valence-corrected chi connectivity index (χ4v) is 2.09. The van der Waals surface area contributed by atoms with Gasteiger partial charge in [0.05, 0.1) is 0 Å². The lowest BCUT2D eigenvalue weighted by molar-refractivity contribution is 0.980. The highest BCUT2D eigenvalue weighted by Gasteiger charge is 2.15. The molecular weight excluding hydrogens is 182 g/mol. The lowest BCUT2D eigenvalue weighted by atomic mass is 9.89. The van der Waals surface area contributed by atoms with Crippen LogP contribution < -0.4 is 0 Å². The average molecular weight is 199 g/mol. The number of hydrogen-bond donors (Lipinski definition) is 0. The van der Waals surface area contributed by atoms with Crippen molar-refractivity contribution in [3.63, 3.8) is 0 Å². The zero-order valence-corrected chi connectivity index (χ0v) is 9.62. The SMILES string of the molecule is Cc1cccc([C@H](C)C2=NC=CC2)c1C. The molecule has 1 aromatic rings. The third-order valence-electron chi connectivity index (χ3n) is 3.29. The molecule has 1 aliphatic heterocycles. The van der Waals surface area contributed by atoms with E-state index in [1.54, 1.807) is 0 Å². The Morgan fingerprint density at radius 3 is 2.73 bits per heavy atom. The van der Waals surface area contributed by atoms with Crippen molar-refractivity contribution in [2.75, 3.05) is 0 Å². The highest BCUT2D eigenvalue weighted by atomic mass is 14.7. The maximum Gasteiger partial charge on any atom is 0.0289 e. The Labute approximate surface area is 91.6 Å². The lowest BCUT2D eigenvalue weighted by Gasteiger charge is -2.16. The molecule has 15 heavy (non-hydrogen) atoms. The Bertz CT molecular complexity index is 427. The quantitative estimate of drug-likeness (QED) is 0.687. The van der Waals surface area contributed by atoms with Crippen molar-refractivity contribution in [1.82, 2.24) is 0 Å². The molecule has 78 valence electrons. The predicted molar refractivity (Wildman–Crippen MR) is 65.5 cm³/mol. The number of aryl methyl sites for hydroxylation is 1. The minimum Gasteiger partial charge on any atom is -0.265 e. The van der Waals surface area contributed by atoms with Gasteiger partial charge in [0.25, 0.3) is 0 Å². The third-order valence-corrected chi connectivity index (χ3v) is 3.29. The van der Waals surface area contributed by atoms with Gasteiger partial charge >= 0.3 is 0 Å². The summed E-state index contributed by atoms with van der Waals surface area (Å²) in [4.78, 5) is 4.42. The van der Waals surface area contributed by atoms with E-state index in [1.165, 1.54) is 22.4 Å². The van der Waals surface area contributed by atoms with Gasteiger partial charge in [0.15, 0.2) is 0 Å². The van der Waals surface area contributed by atoms with Gasteiger partial charge in [0.1, 0.15) is 0 Å². The van der Waals surface area contributed by atoms with Crippen LogP contribution in [0.15, 0.2) is 35.5 Å². The normalized spacial score (nSPS) is 16.6. The average Bonchev–Trinajstić information content (AvgIpc) is 2.74. The molecule has 0 aliphatic carbocycles. The first kappa shape index (κ1) is 10.2. The Morgan fingerprint density at radius 1 is 1.27 bits per heavy atom.